The standard InChI is InChI=1S/C21H24N6O2.ClH/c22-11-17-18-19(21(29)26(9-10-28)14-24-18)27(12-15-5-2-1-3-6-15)20(17)25-8-4-7-16(23)13-25;/h1-3,5-6,14,16,28H,4,7-10,12-13,23H2;1H/t16-;/m0./s1. The van der Waals surface area contributed by atoms with E-state index in [9.17, 15) is 15.2 Å². The Kier molecular flexibility index (Phi) is 6.77. The Morgan fingerprint density at radius 2 is 2.07 bits per heavy atom. The van der Waals surface area contributed by atoms with Crippen LogP contribution in [0.1, 0.15) is 24.0 Å². The molecule has 0 aliphatic carbocycles. The number of hydrogen-bond donors (Lipinski definition) is 2. The predicted octanol–water partition coefficient (Wildman–Crippen LogP) is 1.46. The fourth-order valence-electron chi connectivity index (χ4n) is 4.07. The van der Waals surface area contributed by atoms with Crippen LogP contribution in [-0.4, -0.2) is 45.0 Å². The number of benzene rings is 1. The molecule has 9 heteroatoms. The molecule has 30 heavy (non-hydrogen) atoms. The lowest BCUT2D eigenvalue weighted by Gasteiger charge is -2.33. The molecule has 3 heterocycles. The zero-order valence-electron chi connectivity index (χ0n) is 16.6. The normalized spacial score (nSPS) is 16.3. The number of nitrogens with zero attached hydrogens (tertiary/aromatic N) is 5. The van der Waals surface area contributed by atoms with Gasteiger partial charge in [-0.15, -0.1) is 12.4 Å². The highest BCUT2D eigenvalue weighted by Gasteiger charge is 2.28. The molecule has 0 amide bonds. The Hall–Kier alpha value is -2.86. The summed E-state index contributed by atoms with van der Waals surface area (Å²) in [4.78, 5) is 19.7. The van der Waals surface area contributed by atoms with Crippen molar-refractivity contribution in [3.05, 3.63) is 58.1 Å². The summed E-state index contributed by atoms with van der Waals surface area (Å²) in [6.07, 6.45) is 3.28. The topological polar surface area (TPSA) is 113 Å². The monoisotopic (exact) mass is 428 g/mol. The fraction of sp³-hybridized carbons (Fsp3) is 0.381. The quantitative estimate of drug-likeness (QED) is 0.636. The van der Waals surface area contributed by atoms with Gasteiger partial charge in [0, 0.05) is 25.7 Å². The fourth-order valence-corrected chi connectivity index (χ4v) is 4.07. The number of rotatable bonds is 5. The zero-order valence-corrected chi connectivity index (χ0v) is 17.4. The molecule has 1 fully saturated rings. The van der Waals surface area contributed by atoms with Crippen molar-refractivity contribution in [1.29, 1.82) is 5.26 Å². The second-order valence-electron chi connectivity index (χ2n) is 7.39. The maximum absolute atomic E-state index is 13.2. The van der Waals surface area contributed by atoms with E-state index in [1.165, 1.54) is 10.9 Å². The summed E-state index contributed by atoms with van der Waals surface area (Å²) in [5.74, 6) is 0.702. The highest BCUT2D eigenvalue weighted by molar-refractivity contribution is 5.89. The van der Waals surface area contributed by atoms with Crippen molar-refractivity contribution in [3.63, 3.8) is 0 Å². The molecular formula is C21H25ClN6O2. The summed E-state index contributed by atoms with van der Waals surface area (Å²) in [5.41, 5.74) is 8.15. The molecule has 0 radical (unpaired) electrons. The molecule has 4 rings (SSSR count). The Morgan fingerprint density at radius 3 is 2.73 bits per heavy atom. The summed E-state index contributed by atoms with van der Waals surface area (Å²) >= 11 is 0. The third kappa shape index (κ3) is 3.92. The molecule has 1 saturated heterocycles. The van der Waals surface area contributed by atoms with Gasteiger partial charge in [-0.3, -0.25) is 9.36 Å². The van der Waals surface area contributed by atoms with E-state index in [4.69, 9.17) is 5.73 Å². The first-order valence-corrected chi connectivity index (χ1v) is 9.81. The lowest BCUT2D eigenvalue weighted by molar-refractivity contribution is 0.274. The molecule has 3 aromatic rings. The van der Waals surface area contributed by atoms with E-state index in [1.54, 1.807) is 0 Å². The van der Waals surface area contributed by atoms with E-state index in [2.05, 4.69) is 16.0 Å². The molecule has 1 aliphatic rings. The van der Waals surface area contributed by atoms with Crippen LogP contribution in [0.15, 0.2) is 41.5 Å². The number of nitrogens with two attached hydrogens (primary N) is 1. The number of aliphatic hydroxyl groups excluding tert-OH is 1. The molecule has 8 nitrogen and oxygen atoms in total. The Morgan fingerprint density at radius 1 is 1.30 bits per heavy atom. The lowest BCUT2D eigenvalue weighted by atomic mass is 10.1. The van der Waals surface area contributed by atoms with Crippen molar-refractivity contribution >= 4 is 29.3 Å². The molecule has 1 aromatic carbocycles. The summed E-state index contributed by atoms with van der Waals surface area (Å²) in [6.45, 7) is 1.85. The van der Waals surface area contributed by atoms with Crippen LogP contribution in [0, 0.1) is 11.3 Å². The number of fused-ring (bicyclic) bond motifs is 1. The number of aliphatic hydroxyl groups is 1. The van der Waals surface area contributed by atoms with E-state index < -0.39 is 0 Å². The number of piperidine rings is 1. The van der Waals surface area contributed by atoms with Crippen LogP contribution in [0.2, 0.25) is 0 Å². The van der Waals surface area contributed by atoms with Gasteiger partial charge in [-0.2, -0.15) is 5.26 Å². The van der Waals surface area contributed by atoms with Crippen molar-refractivity contribution in [2.45, 2.75) is 32.0 Å². The van der Waals surface area contributed by atoms with Crippen LogP contribution >= 0.6 is 12.4 Å². The smallest absolute Gasteiger partial charge is 0.278 e. The Labute approximate surface area is 180 Å². The minimum atomic E-state index is -0.260. The summed E-state index contributed by atoms with van der Waals surface area (Å²) in [5, 5.41) is 19.2. The first-order chi connectivity index (χ1) is 14.1. The Bertz CT molecular complexity index is 1120. The zero-order chi connectivity index (χ0) is 20.4. The molecule has 3 N–H and O–H groups in total. The summed E-state index contributed by atoms with van der Waals surface area (Å²) in [7, 11) is 0. The highest BCUT2D eigenvalue weighted by atomic mass is 35.5. The van der Waals surface area contributed by atoms with Gasteiger partial charge in [-0.1, -0.05) is 30.3 Å². The van der Waals surface area contributed by atoms with Crippen LogP contribution in [0.5, 0.6) is 0 Å². The molecule has 0 unspecified atom stereocenters. The summed E-state index contributed by atoms with van der Waals surface area (Å²) < 4.78 is 3.28. The van der Waals surface area contributed by atoms with Crippen LogP contribution < -0.4 is 16.2 Å². The third-order valence-corrected chi connectivity index (χ3v) is 5.39. The van der Waals surface area contributed by atoms with E-state index in [1.807, 2.05) is 34.9 Å². The largest absolute Gasteiger partial charge is 0.395 e. The molecule has 0 bridgehead atoms. The van der Waals surface area contributed by atoms with Gasteiger partial charge < -0.3 is 20.3 Å². The minimum absolute atomic E-state index is 0. The second kappa shape index (κ2) is 9.30. The number of halogens is 1. The van der Waals surface area contributed by atoms with Gasteiger partial charge >= 0.3 is 0 Å². The van der Waals surface area contributed by atoms with Gasteiger partial charge in [-0.25, -0.2) is 4.98 Å². The minimum Gasteiger partial charge on any atom is -0.395 e. The van der Waals surface area contributed by atoms with Crippen molar-refractivity contribution in [1.82, 2.24) is 14.1 Å². The molecule has 2 aromatic heterocycles. The predicted molar refractivity (Wildman–Crippen MR) is 118 cm³/mol. The maximum Gasteiger partial charge on any atom is 0.278 e. The summed E-state index contributed by atoms with van der Waals surface area (Å²) in [6, 6.07) is 12.1. The van der Waals surface area contributed by atoms with Crippen molar-refractivity contribution < 1.29 is 5.11 Å². The maximum atomic E-state index is 13.2. The van der Waals surface area contributed by atoms with Crippen LogP contribution in [0.4, 0.5) is 5.82 Å². The van der Waals surface area contributed by atoms with Crippen molar-refractivity contribution in [2.24, 2.45) is 5.73 Å². The molecule has 1 aliphatic heterocycles. The SMILES string of the molecule is Cl.N#Cc1c(N2CCC[C@H](N)C2)n(Cc2ccccc2)c2c(=O)n(CCO)cnc12. The van der Waals surface area contributed by atoms with Crippen LogP contribution in [0.3, 0.4) is 0 Å². The van der Waals surface area contributed by atoms with Gasteiger partial charge in [0.25, 0.3) is 5.56 Å². The van der Waals surface area contributed by atoms with Crippen LogP contribution in [-0.2, 0) is 13.1 Å². The van der Waals surface area contributed by atoms with Crippen molar-refractivity contribution in [3.8, 4) is 6.07 Å². The molecular weight excluding hydrogens is 404 g/mol. The van der Waals surface area contributed by atoms with Gasteiger partial charge in [-0.05, 0) is 18.4 Å². The van der Waals surface area contributed by atoms with Gasteiger partial charge in [0.05, 0.1) is 19.5 Å². The molecule has 1 atom stereocenters. The van der Waals surface area contributed by atoms with E-state index in [0.717, 1.165) is 24.9 Å². The first-order valence-electron chi connectivity index (χ1n) is 9.81. The number of anilines is 1. The molecule has 158 valence electrons. The van der Waals surface area contributed by atoms with E-state index in [0.29, 0.717) is 35.5 Å². The number of nitriles is 1. The van der Waals surface area contributed by atoms with Crippen molar-refractivity contribution in [2.75, 3.05) is 24.6 Å². The Balaban J connectivity index is 0.00000256. The average Bonchev–Trinajstić information content (AvgIpc) is 3.05. The first kappa shape index (κ1) is 21.8. The van der Waals surface area contributed by atoms with Gasteiger partial charge in [0.1, 0.15) is 28.5 Å². The molecule has 0 spiro atoms. The number of aromatic nitrogens is 3. The highest BCUT2D eigenvalue weighted by Crippen LogP contribution is 2.32. The lowest BCUT2D eigenvalue weighted by Crippen LogP contribution is -2.44. The van der Waals surface area contributed by atoms with E-state index in [-0.39, 0.29) is 37.2 Å². The molecule has 0 saturated carbocycles. The average molecular weight is 429 g/mol. The van der Waals surface area contributed by atoms with Crippen LogP contribution in [0.25, 0.3) is 11.0 Å². The van der Waals surface area contributed by atoms with Gasteiger partial charge in [0.2, 0.25) is 0 Å². The van der Waals surface area contributed by atoms with E-state index >= 15 is 0 Å². The second-order valence-corrected chi connectivity index (χ2v) is 7.39. The number of hydrogen-bond acceptors (Lipinski definition) is 6. The third-order valence-electron chi connectivity index (χ3n) is 5.39. The van der Waals surface area contributed by atoms with Gasteiger partial charge in [0.15, 0.2) is 0 Å².